The van der Waals surface area contributed by atoms with Gasteiger partial charge in [-0.15, -0.1) is 0 Å². The zero-order valence-corrected chi connectivity index (χ0v) is 44.7. The maximum atomic E-state index is 14.2. The van der Waals surface area contributed by atoms with Crippen LogP contribution >= 0.6 is 0 Å². The standard InChI is InChI=1S/C58H75N5O9S/c1-7-8-30-62-49-18-11-9-16-45(49)53(46-17-10-12-19-50(46)62)56(67)72-54-39(2)35-41(36-40(54)3)55(66)60-29-14-32-63(6,33-15-34-73(68,69)70)31-13-28-59-52(65)38-71-61-51-23-22-47-44-21-20-42-37-43(64)24-26-57(42,4)48(44)25-27-58(47,51)5/h9-12,16-19,35-37,44,47-48H,7-8,13-15,20-34,38H2,1-6H3,(H-2,59,60,65,66,68,69,70)/p+1/t44?,47?,48?,57-,58-,63?/m0/s1. The number of unbranched alkanes of at least 4 members (excludes halogenated alkanes) is 1. The van der Waals surface area contributed by atoms with E-state index in [-0.39, 0.29) is 41.5 Å². The molecule has 4 aliphatic rings. The molecule has 8 rings (SSSR count). The summed E-state index contributed by atoms with van der Waals surface area (Å²) in [7, 11) is -2.38. The fourth-order valence-corrected chi connectivity index (χ4v) is 13.9. The number of amides is 2. The molecular formula is C58H76N5O9S+. The first-order valence-corrected chi connectivity index (χ1v) is 28.3. The lowest BCUT2D eigenvalue weighted by atomic mass is 9.47. The second-order valence-electron chi connectivity index (χ2n) is 22.2. The van der Waals surface area contributed by atoms with Crippen LogP contribution in [0.15, 0.2) is 77.5 Å². The summed E-state index contributed by atoms with van der Waals surface area (Å²) in [5, 5.41) is 12.2. The Hall–Kier alpha value is -5.51. The number of esters is 1. The Morgan fingerprint density at radius 2 is 1.45 bits per heavy atom. The Labute approximate surface area is 431 Å². The molecule has 1 heterocycles. The van der Waals surface area contributed by atoms with Gasteiger partial charge in [-0.25, -0.2) is 13.2 Å². The summed E-state index contributed by atoms with van der Waals surface area (Å²) in [6, 6.07) is 19.3. The van der Waals surface area contributed by atoms with Crippen molar-refractivity contribution in [2.24, 2.45) is 33.7 Å². The number of fused-ring (bicyclic) bond motifs is 7. The van der Waals surface area contributed by atoms with Crippen molar-refractivity contribution in [3.63, 3.8) is 0 Å². The molecule has 1 aromatic heterocycles. The summed E-state index contributed by atoms with van der Waals surface area (Å²) in [5.74, 6) is 0.928. The van der Waals surface area contributed by atoms with E-state index in [2.05, 4.69) is 41.1 Å². The number of pyridine rings is 1. The third-order valence-electron chi connectivity index (χ3n) is 17.3. The van der Waals surface area contributed by atoms with Crippen molar-refractivity contribution >= 4 is 61.2 Å². The smallest absolute Gasteiger partial charge is 0.345 e. The highest BCUT2D eigenvalue weighted by Gasteiger charge is 2.58. The molecule has 4 unspecified atom stereocenters. The van der Waals surface area contributed by atoms with E-state index in [0.717, 1.165) is 91.8 Å². The largest absolute Gasteiger partial charge is 0.748 e. The van der Waals surface area contributed by atoms with Crippen molar-refractivity contribution in [2.75, 3.05) is 52.1 Å². The fraction of sp³-hybridized carbons (Fsp3) is 0.552. The van der Waals surface area contributed by atoms with E-state index in [9.17, 15) is 32.1 Å². The third kappa shape index (κ3) is 11.9. The molecular weight excluding hydrogens is 943 g/mol. The normalized spacial score (nSPS) is 24.0. The number of ketones is 1. The van der Waals surface area contributed by atoms with Crippen molar-refractivity contribution in [3.8, 4) is 5.75 Å². The van der Waals surface area contributed by atoms with Crippen molar-refractivity contribution in [1.29, 1.82) is 0 Å². The number of hydrogen-bond acceptors (Lipinski definition) is 10. The fourth-order valence-electron chi connectivity index (χ4n) is 13.4. The van der Waals surface area contributed by atoms with Crippen LogP contribution in [0.2, 0.25) is 0 Å². The highest BCUT2D eigenvalue weighted by molar-refractivity contribution is 7.85. The van der Waals surface area contributed by atoms with Crippen molar-refractivity contribution in [3.05, 3.63) is 94.6 Å². The first-order chi connectivity index (χ1) is 34.8. The van der Waals surface area contributed by atoms with Gasteiger partial charge in [0.1, 0.15) is 12.3 Å². The number of carbonyl (C=O) groups is 4. The van der Waals surface area contributed by atoms with Crippen LogP contribution in [0.4, 0.5) is 0 Å². The number of quaternary nitrogens is 1. The Morgan fingerprint density at radius 3 is 2.11 bits per heavy atom. The number of rotatable bonds is 21. The van der Waals surface area contributed by atoms with Crippen LogP contribution in [0.1, 0.15) is 136 Å². The van der Waals surface area contributed by atoms with Crippen LogP contribution in [0.3, 0.4) is 0 Å². The van der Waals surface area contributed by atoms with E-state index >= 15 is 0 Å². The van der Waals surface area contributed by atoms with E-state index in [1.165, 1.54) is 5.57 Å². The Bertz CT molecular complexity index is 2850. The van der Waals surface area contributed by atoms with Gasteiger partial charge < -0.3 is 29.2 Å². The summed E-state index contributed by atoms with van der Waals surface area (Å²) >= 11 is 0. The lowest BCUT2D eigenvalue weighted by Gasteiger charge is -2.57. The van der Waals surface area contributed by atoms with E-state index < -0.39 is 21.8 Å². The average Bonchev–Trinajstić information content (AvgIpc) is 3.69. The third-order valence-corrected chi connectivity index (χ3v) is 18.1. The summed E-state index contributed by atoms with van der Waals surface area (Å²) in [6.07, 6.45) is 13.2. The topological polar surface area (TPSA) is 184 Å². The molecule has 6 atom stereocenters. The summed E-state index contributed by atoms with van der Waals surface area (Å²) in [5.41, 5.74) is 6.64. The number of para-hydroxylation sites is 2. The quantitative estimate of drug-likeness (QED) is 0.0120. The number of aromatic nitrogens is 1. The second kappa shape index (κ2) is 22.5. The van der Waals surface area contributed by atoms with Gasteiger partial charge in [-0.1, -0.05) is 62.2 Å². The number of carbonyl (C=O) groups excluding carboxylic acids is 4. The van der Waals surface area contributed by atoms with E-state index in [1.807, 2.05) is 75.5 Å². The van der Waals surface area contributed by atoms with Gasteiger partial charge in [-0.05, 0) is 123 Å². The summed E-state index contributed by atoms with van der Waals surface area (Å²) in [4.78, 5) is 58.6. The first-order valence-electron chi connectivity index (χ1n) is 26.8. The van der Waals surface area contributed by atoms with Crippen LogP contribution in [0.25, 0.3) is 21.8 Å². The van der Waals surface area contributed by atoms with Crippen LogP contribution in [0.5, 0.6) is 5.75 Å². The number of oxime groups is 1. The molecule has 15 heteroatoms. The van der Waals surface area contributed by atoms with Gasteiger partial charge >= 0.3 is 5.97 Å². The highest BCUT2D eigenvalue weighted by atomic mass is 32.2. The van der Waals surface area contributed by atoms with E-state index in [1.54, 1.807) is 12.1 Å². The molecule has 0 spiro atoms. The van der Waals surface area contributed by atoms with Crippen LogP contribution < -0.4 is 19.9 Å². The summed E-state index contributed by atoms with van der Waals surface area (Å²) in [6.45, 7) is 13.6. The SMILES string of the molecule is CCCC[n+]1c2ccccc2c(C(=O)Oc2c(C)cc(C(=O)NCCC[N+](C)(CCCNC(=O)CON=C3CCC4C5CCC6=CC(=O)CC[C@]6(C)C5CC[C@]34C)CCCS(=O)(=O)[O-])cc2C)c2ccccc21. The number of ether oxygens (including phenoxy) is 1. The number of hydrogen-bond donors (Lipinski definition) is 2. The van der Waals surface area contributed by atoms with E-state index in [0.29, 0.717) is 102 Å². The maximum Gasteiger partial charge on any atom is 0.345 e. The second-order valence-corrected chi connectivity index (χ2v) is 23.8. The molecule has 73 heavy (non-hydrogen) atoms. The van der Waals surface area contributed by atoms with E-state index in [4.69, 9.17) is 9.57 Å². The van der Waals surface area contributed by atoms with Gasteiger partial charge in [0.25, 0.3) is 11.8 Å². The average molecular weight is 1020 g/mol. The molecule has 2 N–H and O–H groups in total. The molecule has 4 aliphatic carbocycles. The van der Waals surface area contributed by atoms with Crippen molar-refractivity contribution in [1.82, 2.24) is 10.6 Å². The minimum absolute atomic E-state index is 0.0493. The number of benzene rings is 3. The lowest BCUT2D eigenvalue weighted by Crippen LogP contribution is -2.50. The van der Waals surface area contributed by atoms with Gasteiger partial charge in [0, 0.05) is 74.1 Å². The summed E-state index contributed by atoms with van der Waals surface area (Å²) < 4.78 is 43.4. The molecule has 2 amide bonds. The number of nitrogens with zero attached hydrogens (tertiary/aromatic N) is 3. The molecule has 0 bridgehead atoms. The van der Waals surface area contributed by atoms with Crippen LogP contribution in [-0.2, 0) is 31.1 Å². The highest BCUT2D eigenvalue weighted by Crippen LogP contribution is 2.64. The van der Waals surface area contributed by atoms with Gasteiger partial charge in [0.2, 0.25) is 11.0 Å². The Kier molecular flexibility index (Phi) is 16.6. The van der Waals surface area contributed by atoms with Gasteiger partial charge in [0.15, 0.2) is 12.4 Å². The molecule has 0 saturated heterocycles. The number of allylic oxidation sites excluding steroid dienone is 1. The molecule has 3 fully saturated rings. The molecule has 3 aromatic carbocycles. The number of aryl methyl sites for hydroxylation is 3. The molecule has 0 radical (unpaired) electrons. The monoisotopic (exact) mass is 1020 g/mol. The maximum absolute atomic E-state index is 14.2. The van der Waals surface area contributed by atoms with Crippen molar-refractivity contribution in [2.45, 2.75) is 125 Å². The number of nitrogens with one attached hydrogen (secondary N) is 2. The predicted octanol–water partition coefficient (Wildman–Crippen LogP) is 8.83. The molecule has 0 aliphatic heterocycles. The van der Waals surface area contributed by atoms with Crippen LogP contribution in [0, 0.1) is 42.4 Å². The molecule has 3 saturated carbocycles. The van der Waals surface area contributed by atoms with Gasteiger partial charge in [0.05, 0.1) is 58.8 Å². The minimum Gasteiger partial charge on any atom is -0.748 e. The predicted molar refractivity (Wildman–Crippen MR) is 282 cm³/mol. The zero-order chi connectivity index (χ0) is 52.1. The molecule has 4 aromatic rings. The molecule has 392 valence electrons. The Morgan fingerprint density at radius 1 is 0.822 bits per heavy atom. The zero-order valence-electron chi connectivity index (χ0n) is 43.9. The van der Waals surface area contributed by atoms with Crippen LogP contribution in [-0.4, -0.2) is 98.9 Å². The van der Waals surface area contributed by atoms with Gasteiger partial charge in [-0.2, -0.15) is 4.57 Å². The minimum atomic E-state index is -4.38. The Balaban J connectivity index is 0.814. The molecule has 14 nitrogen and oxygen atoms in total. The van der Waals surface area contributed by atoms with Crippen molar-refractivity contribution < 1.29 is 50.8 Å². The lowest BCUT2D eigenvalue weighted by molar-refractivity contribution is -0.909. The van der Waals surface area contributed by atoms with Gasteiger partial charge in [-0.3, -0.25) is 14.4 Å². The first kappa shape index (κ1) is 53.8.